The molecule has 0 radical (unpaired) electrons. The van der Waals surface area contributed by atoms with E-state index in [0.29, 0.717) is 6.54 Å². The summed E-state index contributed by atoms with van der Waals surface area (Å²) in [4.78, 5) is 12.1. The third-order valence-corrected chi connectivity index (χ3v) is 3.55. The van der Waals surface area contributed by atoms with Crippen LogP contribution in [0, 0.1) is 12.3 Å². The van der Waals surface area contributed by atoms with E-state index < -0.39 is 0 Å². The number of benzene rings is 1. The van der Waals surface area contributed by atoms with E-state index in [1.165, 1.54) is 11.1 Å². The largest absolute Gasteiger partial charge is 0.351 e. The molecule has 1 aliphatic carbocycles. The van der Waals surface area contributed by atoms with Crippen molar-refractivity contribution in [2.45, 2.75) is 26.3 Å². The van der Waals surface area contributed by atoms with Crippen LogP contribution in [0.1, 0.15) is 24.0 Å². The lowest BCUT2D eigenvalue weighted by Gasteiger charge is -2.15. The van der Waals surface area contributed by atoms with Crippen LogP contribution in [0.5, 0.6) is 0 Å². The third-order valence-electron chi connectivity index (χ3n) is 3.55. The summed E-state index contributed by atoms with van der Waals surface area (Å²) in [7, 11) is 1.90. The van der Waals surface area contributed by atoms with Crippen molar-refractivity contribution in [3.63, 3.8) is 0 Å². The maximum Gasteiger partial charge on any atom is 0.227 e. The lowest BCUT2D eigenvalue weighted by molar-refractivity contribution is -0.126. The first-order valence-corrected chi connectivity index (χ1v) is 6.15. The van der Waals surface area contributed by atoms with Gasteiger partial charge in [-0.15, -0.1) is 0 Å². The summed E-state index contributed by atoms with van der Waals surface area (Å²) < 4.78 is 0. The molecule has 1 aliphatic rings. The first-order valence-electron chi connectivity index (χ1n) is 6.15. The van der Waals surface area contributed by atoms with Crippen LogP contribution in [0.25, 0.3) is 0 Å². The number of rotatable bonds is 5. The lowest BCUT2D eigenvalue weighted by atomic mass is 10.1. The molecule has 1 aromatic carbocycles. The summed E-state index contributed by atoms with van der Waals surface area (Å²) in [5.74, 6) is 0.190. The molecule has 0 unspecified atom stereocenters. The van der Waals surface area contributed by atoms with Crippen molar-refractivity contribution in [3.8, 4) is 0 Å². The van der Waals surface area contributed by atoms with Crippen molar-refractivity contribution >= 4 is 5.91 Å². The molecule has 1 saturated carbocycles. The Hall–Kier alpha value is -1.35. The van der Waals surface area contributed by atoms with Crippen LogP contribution < -0.4 is 10.6 Å². The lowest BCUT2D eigenvalue weighted by Crippen LogP contribution is -2.37. The summed E-state index contributed by atoms with van der Waals surface area (Å²) in [6.07, 6.45) is 2.01. The quantitative estimate of drug-likeness (QED) is 0.810. The smallest absolute Gasteiger partial charge is 0.227 e. The third kappa shape index (κ3) is 2.67. The van der Waals surface area contributed by atoms with Crippen molar-refractivity contribution in [1.29, 1.82) is 0 Å². The molecule has 0 bridgehead atoms. The molecule has 0 aliphatic heterocycles. The van der Waals surface area contributed by atoms with Gasteiger partial charge in [0.2, 0.25) is 5.91 Å². The Balaban J connectivity index is 1.91. The van der Waals surface area contributed by atoms with Crippen molar-refractivity contribution in [1.82, 2.24) is 10.6 Å². The van der Waals surface area contributed by atoms with E-state index in [4.69, 9.17) is 0 Å². The SMILES string of the molecule is CNCC1(C(=O)NCc2ccccc2C)CC1. The average Bonchev–Trinajstić information content (AvgIpc) is 3.09. The topological polar surface area (TPSA) is 41.1 Å². The van der Waals surface area contributed by atoms with Crippen molar-refractivity contribution < 1.29 is 4.79 Å². The molecule has 0 saturated heterocycles. The average molecular weight is 232 g/mol. The Bertz CT molecular complexity index is 410. The van der Waals surface area contributed by atoms with Crippen LogP contribution in [-0.4, -0.2) is 19.5 Å². The van der Waals surface area contributed by atoms with Gasteiger partial charge in [0.1, 0.15) is 0 Å². The van der Waals surface area contributed by atoms with Gasteiger partial charge in [-0.05, 0) is 37.9 Å². The van der Waals surface area contributed by atoms with E-state index >= 15 is 0 Å². The maximum absolute atomic E-state index is 12.1. The van der Waals surface area contributed by atoms with Gasteiger partial charge in [-0.25, -0.2) is 0 Å². The predicted molar refractivity (Wildman–Crippen MR) is 68.6 cm³/mol. The molecular formula is C14H20N2O. The molecule has 92 valence electrons. The first-order chi connectivity index (χ1) is 8.18. The zero-order valence-electron chi connectivity index (χ0n) is 10.5. The molecule has 1 amide bonds. The van der Waals surface area contributed by atoms with Gasteiger partial charge in [0, 0.05) is 13.1 Å². The van der Waals surface area contributed by atoms with Gasteiger partial charge in [-0.2, -0.15) is 0 Å². The summed E-state index contributed by atoms with van der Waals surface area (Å²) >= 11 is 0. The molecule has 17 heavy (non-hydrogen) atoms. The van der Waals surface area contributed by atoms with E-state index in [1.807, 2.05) is 19.2 Å². The van der Waals surface area contributed by atoms with Crippen LogP contribution in [0.3, 0.4) is 0 Å². The molecular weight excluding hydrogens is 212 g/mol. The van der Waals surface area contributed by atoms with Crippen molar-refractivity contribution in [2.75, 3.05) is 13.6 Å². The molecule has 0 aromatic heterocycles. The second-order valence-corrected chi connectivity index (χ2v) is 4.92. The Labute approximate surface area is 103 Å². The fourth-order valence-corrected chi connectivity index (χ4v) is 2.14. The fraction of sp³-hybridized carbons (Fsp3) is 0.500. The maximum atomic E-state index is 12.1. The monoisotopic (exact) mass is 232 g/mol. The van der Waals surface area contributed by atoms with Crippen LogP contribution >= 0.6 is 0 Å². The molecule has 0 spiro atoms. The number of carbonyl (C=O) groups is 1. The highest BCUT2D eigenvalue weighted by atomic mass is 16.2. The van der Waals surface area contributed by atoms with Crippen molar-refractivity contribution in [2.24, 2.45) is 5.41 Å². The summed E-state index contributed by atoms with van der Waals surface area (Å²) in [6, 6.07) is 8.16. The minimum atomic E-state index is -0.128. The highest BCUT2D eigenvalue weighted by Crippen LogP contribution is 2.45. The Morgan fingerprint density at radius 1 is 1.35 bits per heavy atom. The second kappa shape index (κ2) is 4.88. The Kier molecular flexibility index (Phi) is 3.48. The van der Waals surface area contributed by atoms with Gasteiger partial charge in [0.05, 0.1) is 5.41 Å². The van der Waals surface area contributed by atoms with E-state index in [2.05, 4.69) is 29.7 Å². The standard InChI is InChI=1S/C14H20N2O/c1-11-5-3-4-6-12(11)9-16-13(17)14(7-8-14)10-15-2/h3-6,15H,7-10H2,1-2H3,(H,16,17). The summed E-state index contributed by atoms with van der Waals surface area (Å²) in [5, 5.41) is 6.15. The predicted octanol–water partition coefficient (Wildman–Crippen LogP) is 1.61. The van der Waals surface area contributed by atoms with E-state index in [1.54, 1.807) is 0 Å². The number of hydrogen-bond donors (Lipinski definition) is 2. The first kappa shape index (κ1) is 12.1. The molecule has 1 aromatic rings. The zero-order chi connectivity index (χ0) is 12.3. The zero-order valence-corrected chi connectivity index (χ0v) is 10.5. The van der Waals surface area contributed by atoms with E-state index in [9.17, 15) is 4.79 Å². The molecule has 1 fully saturated rings. The van der Waals surface area contributed by atoms with Gasteiger partial charge in [0.15, 0.2) is 0 Å². The highest BCUT2D eigenvalue weighted by Gasteiger charge is 2.48. The van der Waals surface area contributed by atoms with E-state index in [-0.39, 0.29) is 11.3 Å². The number of nitrogens with one attached hydrogen (secondary N) is 2. The van der Waals surface area contributed by atoms with Crippen LogP contribution in [-0.2, 0) is 11.3 Å². The van der Waals surface area contributed by atoms with Gasteiger partial charge < -0.3 is 10.6 Å². The minimum absolute atomic E-state index is 0.128. The number of amides is 1. The van der Waals surface area contributed by atoms with Gasteiger partial charge >= 0.3 is 0 Å². The molecule has 2 rings (SSSR count). The molecule has 0 atom stereocenters. The number of carbonyl (C=O) groups excluding carboxylic acids is 1. The number of hydrogen-bond acceptors (Lipinski definition) is 2. The van der Waals surface area contributed by atoms with Crippen molar-refractivity contribution in [3.05, 3.63) is 35.4 Å². The van der Waals surface area contributed by atoms with Gasteiger partial charge in [0.25, 0.3) is 0 Å². The normalized spacial score (nSPS) is 16.6. The number of aryl methyl sites for hydroxylation is 1. The fourth-order valence-electron chi connectivity index (χ4n) is 2.14. The van der Waals surface area contributed by atoms with Gasteiger partial charge in [-0.3, -0.25) is 4.79 Å². The Morgan fingerprint density at radius 2 is 2.06 bits per heavy atom. The molecule has 3 heteroatoms. The minimum Gasteiger partial charge on any atom is -0.351 e. The van der Waals surface area contributed by atoms with Gasteiger partial charge in [-0.1, -0.05) is 24.3 Å². The summed E-state index contributed by atoms with van der Waals surface area (Å²) in [6.45, 7) is 3.49. The molecule has 3 nitrogen and oxygen atoms in total. The van der Waals surface area contributed by atoms with Crippen LogP contribution in [0.15, 0.2) is 24.3 Å². The van der Waals surface area contributed by atoms with Crippen LogP contribution in [0.4, 0.5) is 0 Å². The second-order valence-electron chi connectivity index (χ2n) is 4.92. The molecule has 2 N–H and O–H groups in total. The summed E-state index contributed by atoms with van der Waals surface area (Å²) in [5.41, 5.74) is 2.30. The molecule has 0 heterocycles. The Morgan fingerprint density at radius 3 is 2.65 bits per heavy atom. The van der Waals surface area contributed by atoms with Crippen LogP contribution in [0.2, 0.25) is 0 Å². The highest BCUT2D eigenvalue weighted by molar-refractivity contribution is 5.85. The van der Waals surface area contributed by atoms with E-state index in [0.717, 1.165) is 19.4 Å².